The van der Waals surface area contributed by atoms with Crippen LogP contribution >= 0.6 is 0 Å². The van der Waals surface area contributed by atoms with E-state index in [0.717, 1.165) is 44.3 Å². The topological polar surface area (TPSA) is 54.8 Å². The molecular formula is C19H27N3O3. The number of carbonyl (C=O) groups excluding carboxylic acids is 1. The monoisotopic (exact) mass is 345 g/mol. The summed E-state index contributed by atoms with van der Waals surface area (Å²) in [4.78, 5) is 30.2. The lowest BCUT2D eigenvalue weighted by atomic mass is 9.89. The zero-order valence-electron chi connectivity index (χ0n) is 15.2. The predicted octanol–water partition coefficient (Wildman–Crippen LogP) is 1.43. The lowest BCUT2D eigenvalue weighted by Gasteiger charge is -2.46. The van der Waals surface area contributed by atoms with Crippen LogP contribution in [0.2, 0.25) is 0 Å². The molecule has 4 rings (SSSR count). The summed E-state index contributed by atoms with van der Waals surface area (Å²) in [5.74, 6) is -0.126. The Kier molecular flexibility index (Phi) is 4.20. The minimum Gasteiger partial charge on any atom is -0.371 e. The molecule has 2 saturated heterocycles. The van der Waals surface area contributed by atoms with Crippen molar-refractivity contribution < 1.29 is 9.53 Å². The number of hydrogen-bond donors (Lipinski definition) is 0. The summed E-state index contributed by atoms with van der Waals surface area (Å²) in [5, 5.41) is 0. The minimum absolute atomic E-state index is 0.126. The number of pyridine rings is 1. The molecule has 1 saturated carbocycles. The van der Waals surface area contributed by atoms with E-state index in [2.05, 4.69) is 11.9 Å². The zero-order valence-corrected chi connectivity index (χ0v) is 15.2. The average Bonchev–Trinajstić information content (AvgIpc) is 3.43. The number of aryl methyl sites for hydroxylation is 1. The molecule has 0 N–H and O–H groups in total. The van der Waals surface area contributed by atoms with Crippen molar-refractivity contribution in [3.63, 3.8) is 0 Å². The van der Waals surface area contributed by atoms with Gasteiger partial charge in [-0.1, -0.05) is 0 Å². The van der Waals surface area contributed by atoms with Crippen LogP contribution in [-0.4, -0.2) is 65.7 Å². The first-order valence-corrected chi connectivity index (χ1v) is 9.33. The van der Waals surface area contributed by atoms with Gasteiger partial charge in [0.2, 0.25) is 0 Å². The van der Waals surface area contributed by atoms with Gasteiger partial charge in [0, 0.05) is 31.9 Å². The number of likely N-dealkylation sites (tertiary alicyclic amines) is 1. The first-order chi connectivity index (χ1) is 12.0. The number of ether oxygens (including phenoxy) is 1. The summed E-state index contributed by atoms with van der Waals surface area (Å²) < 4.78 is 7.84. The molecule has 1 aromatic rings. The Labute approximate surface area is 148 Å². The number of rotatable bonds is 2. The zero-order chi connectivity index (χ0) is 17.6. The van der Waals surface area contributed by atoms with Crippen molar-refractivity contribution in [2.75, 3.05) is 39.8 Å². The molecule has 3 heterocycles. The molecule has 1 amide bonds. The molecule has 0 unspecified atom stereocenters. The SMILES string of the molecule is Cc1ccn(C2CC2)c(=O)c1C(=O)N1CCOC2(CCN(C)CC2)C1. The number of nitrogens with zero attached hydrogens (tertiary/aromatic N) is 3. The molecule has 3 fully saturated rings. The fraction of sp³-hybridized carbons (Fsp3) is 0.684. The molecular weight excluding hydrogens is 318 g/mol. The van der Waals surface area contributed by atoms with E-state index in [4.69, 9.17) is 4.74 Å². The third-order valence-corrected chi connectivity index (χ3v) is 5.92. The number of morpholine rings is 1. The second-order valence-electron chi connectivity index (χ2n) is 7.88. The van der Waals surface area contributed by atoms with E-state index in [1.54, 1.807) is 4.57 Å². The molecule has 6 nitrogen and oxygen atoms in total. The molecule has 3 aliphatic rings. The average molecular weight is 345 g/mol. The van der Waals surface area contributed by atoms with Crippen molar-refractivity contribution in [1.82, 2.24) is 14.4 Å². The molecule has 6 heteroatoms. The summed E-state index contributed by atoms with van der Waals surface area (Å²) in [6.45, 7) is 5.54. The largest absolute Gasteiger partial charge is 0.371 e. The summed E-state index contributed by atoms with van der Waals surface area (Å²) in [6.07, 6.45) is 5.78. The first-order valence-electron chi connectivity index (χ1n) is 9.33. The molecule has 0 bridgehead atoms. The van der Waals surface area contributed by atoms with Gasteiger partial charge in [0.1, 0.15) is 5.56 Å². The van der Waals surface area contributed by atoms with E-state index in [0.29, 0.717) is 25.3 Å². The maximum Gasteiger partial charge on any atom is 0.263 e. The molecule has 25 heavy (non-hydrogen) atoms. The van der Waals surface area contributed by atoms with Crippen LogP contribution in [0.5, 0.6) is 0 Å². The standard InChI is InChI=1S/C19H27N3O3/c1-14-5-8-22(15-3-4-15)18(24)16(14)17(23)21-11-12-25-19(13-21)6-9-20(2)10-7-19/h5,8,15H,3-4,6-7,9-13H2,1-2H3. The molecule has 1 aromatic heterocycles. The van der Waals surface area contributed by atoms with Crippen molar-refractivity contribution in [1.29, 1.82) is 0 Å². The maximum atomic E-state index is 13.2. The van der Waals surface area contributed by atoms with Gasteiger partial charge in [-0.25, -0.2) is 0 Å². The molecule has 1 spiro atoms. The number of hydrogen-bond acceptors (Lipinski definition) is 4. The molecule has 0 atom stereocenters. The van der Waals surface area contributed by atoms with Gasteiger partial charge in [0.05, 0.1) is 18.8 Å². The third kappa shape index (κ3) is 3.13. The molecule has 0 radical (unpaired) electrons. The van der Waals surface area contributed by atoms with Gasteiger partial charge in [-0.05, 0) is 51.3 Å². The van der Waals surface area contributed by atoms with Crippen molar-refractivity contribution in [2.24, 2.45) is 0 Å². The van der Waals surface area contributed by atoms with Gasteiger partial charge in [-0.15, -0.1) is 0 Å². The predicted molar refractivity (Wildman–Crippen MR) is 95.0 cm³/mol. The first kappa shape index (κ1) is 16.8. The van der Waals surface area contributed by atoms with Gasteiger partial charge in [0.15, 0.2) is 0 Å². The number of piperidine rings is 1. The van der Waals surface area contributed by atoms with Crippen molar-refractivity contribution in [2.45, 2.75) is 44.2 Å². The quantitative estimate of drug-likeness (QED) is 0.814. The van der Waals surface area contributed by atoms with Gasteiger partial charge in [-0.3, -0.25) is 9.59 Å². The highest BCUT2D eigenvalue weighted by atomic mass is 16.5. The lowest BCUT2D eigenvalue weighted by Crippen LogP contribution is -2.58. The normalized spacial score (nSPS) is 23.8. The van der Waals surface area contributed by atoms with Gasteiger partial charge < -0.3 is 19.1 Å². The Morgan fingerprint density at radius 2 is 1.96 bits per heavy atom. The van der Waals surface area contributed by atoms with Crippen LogP contribution in [0.1, 0.15) is 47.6 Å². The van der Waals surface area contributed by atoms with Crippen LogP contribution in [0.15, 0.2) is 17.1 Å². The number of amides is 1. The van der Waals surface area contributed by atoms with Crippen LogP contribution < -0.4 is 5.56 Å². The highest BCUT2D eigenvalue weighted by molar-refractivity contribution is 5.95. The van der Waals surface area contributed by atoms with Crippen molar-refractivity contribution in [3.05, 3.63) is 33.7 Å². The Bertz CT molecular complexity index is 730. The minimum atomic E-state index is -0.237. The Morgan fingerprint density at radius 1 is 1.24 bits per heavy atom. The number of carbonyl (C=O) groups is 1. The highest BCUT2D eigenvalue weighted by Gasteiger charge is 2.41. The van der Waals surface area contributed by atoms with Crippen LogP contribution in [0.3, 0.4) is 0 Å². The van der Waals surface area contributed by atoms with Crippen LogP contribution in [0, 0.1) is 6.92 Å². The van der Waals surface area contributed by atoms with Gasteiger partial charge >= 0.3 is 0 Å². The van der Waals surface area contributed by atoms with E-state index >= 15 is 0 Å². The molecule has 136 valence electrons. The van der Waals surface area contributed by atoms with E-state index < -0.39 is 0 Å². The summed E-state index contributed by atoms with van der Waals surface area (Å²) in [5.41, 5.74) is 0.755. The lowest BCUT2D eigenvalue weighted by molar-refractivity contribution is -0.125. The van der Waals surface area contributed by atoms with Crippen LogP contribution in [-0.2, 0) is 4.74 Å². The van der Waals surface area contributed by atoms with Gasteiger partial charge in [0.25, 0.3) is 11.5 Å². The highest BCUT2D eigenvalue weighted by Crippen LogP contribution is 2.34. The third-order valence-electron chi connectivity index (χ3n) is 5.92. The Balaban J connectivity index is 1.59. The van der Waals surface area contributed by atoms with E-state index in [-0.39, 0.29) is 23.1 Å². The van der Waals surface area contributed by atoms with Gasteiger partial charge in [-0.2, -0.15) is 0 Å². The molecule has 2 aliphatic heterocycles. The van der Waals surface area contributed by atoms with E-state index in [1.165, 1.54) is 0 Å². The van der Waals surface area contributed by atoms with Crippen molar-refractivity contribution >= 4 is 5.91 Å². The fourth-order valence-electron chi connectivity index (χ4n) is 4.05. The second kappa shape index (κ2) is 6.25. The van der Waals surface area contributed by atoms with Crippen molar-refractivity contribution in [3.8, 4) is 0 Å². The Morgan fingerprint density at radius 3 is 2.64 bits per heavy atom. The van der Waals surface area contributed by atoms with Crippen LogP contribution in [0.25, 0.3) is 0 Å². The molecule has 1 aliphatic carbocycles. The summed E-state index contributed by atoms with van der Waals surface area (Å²) in [7, 11) is 2.12. The second-order valence-corrected chi connectivity index (χ2v) is 7.88. The fourth-order valence-corrected chi connectivity index (χ4v) is 4.05. The maximum absolute atomic E-state index is 13.2. The molecule has 0 aromatic carbocycles. The van der Waals surface area contributed by atoms with E-state index in [1.807, 2.05) is 24.1 Å². The summed E-state index contributed by atoms with van der Waals surface area (Å²) >= 11 is 0. The summed E-state index contributed by atoms with van der Waals surface area (Å²) in [6, 6.07) is 2.18. The van der Waals surface area contributed by atoms with E-state index in [9.17, 15) is 9.59 Å². The number of aromatic nitrogens is 1. The Hall–Kier alpha value is -1.66. The smallest absolute Gasteiger partial charge is 0.263 e. The van der Waals surface area contributed by atoms with Crippen LogP contribution in [0.4, 0.5) is 0 Å².